The predicted octanol–water partition coefficient (Wildman–Crippen LogP) is 3.45. The topological polar surface area (TPSA) is 40.5 Å². The first kappa shape index (κ1) is 11.9. The van der Waals surface area contributed by atoms with E-state index in [4.69, 9.17) is 0 Å². The Hall–Kier alpha value is -1.16. The molecule has 3 atom stereocenters. The van der Waals surface area contributed by atoms with Crippen LogP contribution in [0.15, 0.2) is 35.2 Å². The van der Waals surface area contributed by atoms with Crippen LogP contribution in [-0.4, -0.2) is 33.4 Å². The van der Waals surface area contributed by atoms with Crippen LogP contribution in [0.4, 0.5) is 4.79 Å². The van der Waals surface area contributed by atoms with Crippen molar-refractivity contribution >= 4 is 17.9 Å². The van der Waals surface area contributed by atoms with Gasteiger partial charge in [-0.1, -0.05) is 18.2 Å². The molecule has 0 aliphatic carbocycles. The average Bonchev–Trinajstić information content (AvgIpc) is 2.63. The fourth-order valence-electron chi connectivity index (χ4n) is 3.23. The molecule has 0 spiro atoms. The van der Waals surface area contributed by atoms with Gasteiger partial charge in [0.2, 0.25) is 0 Å². The molecule has 2 aliphatic heterocycles. The molecule has 0 radical (unpaired) electrons. The normalized spacial score (nSPS) is 30.4. The Labute approximate surface area is 111 Å². The lowest BCUT2D eigenvalue weighted by Crippen LogP contribution is -2.46. The highest BCUT2D eigenvalue weighted by atomic mass is 32.2. The van der Waals surface area contributed by atoms with Crippen LogP contribution >= 0.6 is 11.8 Å². The summed E-state index contributed by atoms with van der Waals surface area (Å²) in [5, 5.41) is 9.78. The molecule has 0 unspecified atom stereocenters. The molecular formula is C14H17NO2S. The third-order valence-electron chi connectivity index (χ3n) is 3.96. The molecule has 3 rings (SSSR count). The number of nitrogens with zero attached hydrogens (tertiary/aromatic N) is 1. The molecule has 96 valence electrons. The second-order valence-corrected chi connectivity index (χ2v) is 6.47. The Kier molecular flexibility index (Phi) is 3.20. The summed E-state index contributed by atoms with van der Waals surface area (Å²) >= 11 is 1.91. The fourth-order valence-corrected chi connectivity index (χ4v) is 4.56. The molecule has 3 nitrogen and oxygen atoms in total. The number of benzene rings is 1. The monoisotopic (exact) mass is 263 g/mol. The minimum Gasteiger partial charge on any atom is -0.465 e. The third-order valence-corrected chi connectivity index (χ3v) is 5.22. The maximum absolute atomic E-state index is 11.2. The molecule has 2 fully saturated rings. The molecule has 2 heterocycles. The fraction of sp³-hybridized carbons (Fsp3) is 0.500. The lowest BCUT2D eigenvalue weighted by atomic mass is 10.0. The van der Waals surface area contributed by atoms with Gasteiger partial charge < -0.3 is 10.0 Å². The highest BCUT2D eigenvalue weighted by molar-refractivity contribution is 8.00. The Morgan fingerprint density at radius 1 is 1.17 bits per heavy atom. The Morgan fingerprint density at radius 3 is 2.33 bits per heavy atom. The minimum absolute atomic E-state index is 0.252. The van der Waals surface area contributed by atoms with E-state index in [0.717, 1.165) is 25.7 Å². The van der Waals surface area contributed by atoms with Crippen LogP contribution in [0, 0.1) is 0 Å². The van der Waals surface area contributed by atoms with Crippen molar-refractivity contribution in [3.05, 3.63) is 30.3 Å². The number of carbonyl (C=O) groups is 1. The van der Waals surface area contributed by atoms with Gasteiger partial charge in [-0.05, 0) is 37.8 Å². The molecule has 2 aliphatic rings. The second kappa shape index (κ2) is 4.84. The lowest BCUT2D eigenvalue weighted by Gasteiger charge is -2.36. The van der Waals surface area contributed by atoms with Crippen LogP contribution in [0.25, 0.3) is 0 Å². The zero-order valence-electron chi connectivity index (χ0n) is 10.2. The number of carboxylic acid groups (broad SMARTS) is 1. The SMILES string of the molecule is O=C(O)N1[C@@H]2CC[C@H]1C[C@@H](Sc1ccccc1)C2. The summed E-state index contributed by atoms with van der Waals surface area (Å²) in [5.74, 6) is 0. The van der Waals surface area contributed by atoms with Crippen molar-refractivity contribution in [3.63, 3.8) is 0 Å². The molecule has 0 saturated carbocycles. The zero-order chi connectivity index (χ0) is 12.5. The molecule has 1 aromatic rings. The largest absolute Gasteiger partial charge is 0.465 e. The van der Waals surface area contributed by atoms with Gasteiger partial charge in [0.25, 0.3) is 0 Å². The van der Waals surface area contributed by atoms with Gasteiger partial charge in [-0.25, -0.2) is 4.79 Å². The van der Waals surface area contributed by atoms with Crippen LogP contribution in [0.2, 0.25) is 0 Å². The summed E-state index contributed by atoms with van der Waals surface area (Å²) in [6, 6.07) is 10.9. The van der Waals surface area contributed by atoms with Crippen molar-refractivity contribution < 1.29 is 9.90 Å². The average molecular weight is 263 g/mol. The minimum atomic E-state index is -0.731. The number of hydrogen-bond donors (Lipinski definition) is 1. The van der Waals surface area contributed by atoms with Crippen LogP contribution in [0.3, 0.4) is 0 Å². The summed E-state index contributed by atoms with van der Waals surface area (Å²) in [4.78, 5) is 14.2. The van der Waals surface area contributed by atoms with Crippen molar-refractivity contribution in [2.24, 2.45) is 0 Å². The quantitative estimate of drug-likeness (QED) is 0.888. The molecule has 2 saturated heterocycles. The maximum atomic E-state index is 11.2. The van der Waals surface area contributed by atoms with Crippen molar-refractivity contribution in [1.29, 1.82) is 0 Å². The summed E-state index contributed by atoms with van der Waals surface area (Å²) in [5.41, 5.74) is 0. The van der Waals surface area contributed by atoms with Gasteiger partial charge >= 0.3 is 6.09 Å². The summed E-state index contributed by atoms with van der Waals surface area (Å²) in [7, 11) is 0. The van der Waals surface area contributed by atoms with Gasteiger partial charge in [-0.3, -0.25) is 0 Å². The number of thioether (sulfide) groups is 1. The highest BCUT2D eigenvalue weighted by Gasteiger charge is 2.43. The summed E-state index contributed by atoms with van der Waals surface area (Å²) < 4.78 is 0. The smallest absolute Gasteiger partial charge is 0.407 e. The first-order chi connectivity index (χ1) is 8.74. The summed E-state index contributed by atoms with van der Waals surface area (Å²) in [6.45, 7) is 0. The van der Waals surface area contributed by atoms with E-state index in [2.05, 4.69) is 24.3 Å². The predicted molar refractivity (Wildman–Crippen MR) is 72.0 cm³/mol. The Balaban J connectivity index is 1.67. The molecule has 1 amide bonds. The summed E-state index contributed by atoms with van der Waals surface area (Å²) in [6.07, 6.45) is 3.36. The third kappa shape index (κ3) is 2.21. The Morgan fingerprint density at radius 2 is 1.78 bits per heavy atom. The molecular weight excluding hydrogens is 246 g/mol. The number of piperidine rings is 1. The molecule has 0 aromatic heterocycles. The van der Waals surface area contributed by atoms with Crippen molar-refractivity contribution in [1.82, 2.24) is 4.90 Å². The van der Waals surface area contributed by atoms with E-state index >= 15 is 0 Å². The van der Waals surface area contributed by atoms with Crippen molar-refractivity contribution in [2.75, 3.05) is 0 Å². The molecule has 1 aromatic carbocycles. The van der Waals surface area contributed by atoms with Gasteiger partial charge in [-0.15, -0.1) is 11.8 Å². The highest BCUT2D eigenvalue weighted by Crippen LogP contribution is 2.42. The zero-order valence-corrected chi connectivity index (χ0v) is 11.0. The molecule has 18 heavy (non-hydrogen) atoms. The van der Waals surface area contributed by atoms with E-state index in [9.17, 15) is 9.90 Å². The van der Waals surface area contributed by atoms with E-state index in [1.165, 1.54) is 4.90 Å². The standard InChI is InChI=1S/C14H17NO2S/c16-14(17)15-10-6-7-11(15)9-13(8-10)18-12-4-2-1-3-5-12/h1-5,10-11,13H,6-9H2,(H,16,17)/t10-,11+,13+. The molecule has 2 bridgehead atoms. The van der Waals surface area contributed by atoms with E-state index < -0.39 is 6.09 Å². The second-order valence-electron chi connectivity index (χ2n) is 5.10. The van der Waals surface area contributed by atoms with Crippen LogP contribution in [-0.2, 0) is 0 Å². The van der Waals surface area contributed by atoms with Gasteiger partial charge in [0, 0.05) is 22.2 Å². The van der Waals surface area contributed by atoms with E-state index in [1.54, 1.807) is 4.90 Å². The van der Waals surface area contributed by atoms with Crippen molar-refractivity contribution in [3.8, 4) is 0 Å². The van der Waals surface area contributed by atoms with Crippen LogP contribution < -0.4 is 0 Å². The Bertz CT molecular complexity index is 423. The molecule has 4 heteroatoms. The van der Waals surface area contributed by atoms with Gasteiger partial charge in [0.05, 0.1) is 0 Å². The van der Waals surface area contributed by atoms with Gasteiger partial charge in [0.15, 0.2) is 0 Å². The van der Waals surface area contributed by atoms with Crippen LogP contribution in [0.5, 0.6) is 0 Å². The van der Waals surface area contributed by atoms with E-state index in [1.807, 2.05) is 17.8 Å². The molecule has 1 N–H and O–H groups in total. The van der Waals surface area contributed by atoms with Crippen LogP contribution in [0.1, 0.15) is 25.7 Å². The number of fused-ring (bicyclic) bond motifs is 2. The maximum Gasteiger partial charge on any atom is 0.407 e. The number of amides is 1. The van der Waals surface area contributed by atoms with E-state index in [-0.39, 0.29) is 12.1 Å². The van der Waals surface area contributed by atoms with Gasteiger partial charge in [0.1, 0.15) is 0 Å². The first-order valence-corrected chi connectivity index (χ1v) is 7.35. The van der Waals surface area contributed by atoms with E-state index in [0.29, 0.717) is 5.25 Å². The number of hydrogen-bond acceptors (Lipinski definition) is 2. The van der Waals surface area contributed by atoms with Gasteiger partial charge in [-0.2, -0.15) is 0 Å². The lowest BCUT2D eigenvalue weighted by molar-refractivity contribution is 0.104. The van der Waals surface area contributed by atoms with Crippen molar-refractivity contribution in [2.45, 2.75) is 47.9 Å². The number of rotatable bonds is 2. The first-order valence-electron chi connectivity index (χ1n) is 6.47.